The first-order valence-electron chi connectivity index (χ1n) is 7.87. The topological polar surface area (TPSA) is 105 Å². The number of carbonyl (C=O) groups excluding carboxylic acids is 4. The number of benzene rings is 1. The van der Waals surface area contributed by atoms with E-state index in [0.717, 1.165) is 13.0 Å². The van der Waals surface area contributed by atoms with Crippen LogP contribution in [0.1, 0.15) is 6.92 Å². The van der Waals surface area contributed by atoms with E-state index >= 15 is 0 Å². The van der Waals surface area contributed by atoms with Crippen molar-refractivity contribution in [2.45, 2.75) is 13.0 Å². The second-order valence-corrected chi connectivity index (χ2v) is 5.78. The van der Waals surface area contributed by atoms with Gasteiger partial charge in [0.2, 0.25) is 5.78 Å². The second-order valence-electron chi connectivity index (χ2n) is 5.78. The molecular formula is C16H16FN3O6. The predicted octanol–water partition coefficient (Wildman–Crippen LogP) is 0.813. The van der Waals surface area contributed by atoms with Crippen molar-refractivity contribution in [3.63, 3.8) is 0 Å². The first-order chi connectivity index (χ1) is 12.4. The zero-order valence-corrected chi connectivity index (χ0v) is 13.9. The van der Waals surface area contributed by atoms with Crippen LogP contribution in [-0.2, 0) is 19.1 Å². The van der Waals surface area contributed by atoms with Crippen molar-refractivity contribution < 1.29 is 33.0 Å². The molecule has 0 saturated carbocycles. The van der Waals surface area contributed by atoms with Gasteiger partial charge in [-0.3, -0.25) is 19.4 Å². The zero-order chi connectivity index (χ0) is 18.8. The van der Waals surface area contributed by atoms with E-state index in [1.165, 1.54) is 21.9 Å². The molecule has 1 atom stereocenters. The summed E-state index contributed by atoms with van der Waals surface area (Å²) in [5, 5.41) is 2.35. The van der Waals surface area contributed by atoms with Crippen molar-refractivity contribution in [1.29, 1.82) is 0 Å². The molecule has 2 heterocycles. The number of halogens is 1. The Balaban J connectivity index is 1.68. The minimum absolute atomic E-state index is 0.0269. The van der Waals surface area contributed by atoms with Crippen LogP contribution in [0.15, 0.2) is 18.2 Å². The number of ketones is 1. The fourth-order valence-electron chi connectivity index (χ4n) is 2.66. The third-order valence-electron chi connectivity index (χ3n) is 3.98. The lowest BCUT2D eigenvalue weighted by molar-refractivity contribution is -0.136. The number of nitrogens with one attached hydrogen (secondary N) is 1. The largest absolute Gasteiger partial charge is 0.447 e. The Kier molecular flexibility index (Phi) is 4.74. The quantitative estimate of drug-likeness (QED) is 0.775. The Morgan fingerprint density at radius 1 is 1.27 bits per heavy atom. The molecule has 1 unspecified atom stereocenters. The van der Waals surface area contributed by atoms with Crippen molar-refractivity contribution in [3.05, 3.63) is 24.0 Å². The molecular weight excluding hydrogens is 349 g/mol. The lowest BCUT2D eigenvalue weighted by Crippen LogP contribution is -2.37. The summed E-state index contributed by atoms with van der Waals surface area (Å²) in [4.78, 5) is 48.0. The molecule has 2 saturated heterocycles. The van der Waals surface area contributed by atoms with Gasteiger partial charge >= 0.3 is 12.2 Å². The summed E-state index contributed by atoms with van der Waals surface area (Å²) in [6.45, 7) is 1.62. The Labute approximate surface area is 147 Å². The Morgan fingerprint density at radius 3 is 2.65 bits per heavy atom. The number of rotatable bonds is 5. The molecule has 3 amide bonds. The molecule has 10 heteroatoms. The number of hydrogen-bond acceptors (Lipinski definition) is 6. The molecule has 1 N–H and O–H groups in total. The fraction of sp³-hybridized carbons (Fsp3) is 0.375. The number of nitrogens with zero attached hydrogens (tertiary/aromatic N) is 2. The summed E-state index contributed by atoms with van der Waals surface area (Å²) >= 11 is 0. The van der Waals surface area contributed by atoms with E-state index in [4.69, 9.17) is 9.47 Å². The monoisotopic (exact) mass is 365 g/mol. The minimum Gasteiger partial charge on any atom is -0.447 e. The van der Waals surface area contributed by atoms with E-state index in [1.54, 1.807) is 0 Å². The van der Waals surface area contributed by atoms with E-state index < -0.39 is 35.8 Å². The molecule has 1 aromatic carbocycles. The van der Waals surface area contributed by atoms with Crippen LogP contribution in [0.5, 0.6) is 0 Å². The summed E-state index contributed by atoms with van der Waals surface area (Å²) in [6.07, 6.45) is -1.99. The molecule has 1 aromatic rings. The smallest absolute Gasteiger partial charge is 0.414 e. The molecule has 0 spiro atoms. The average molecular weight is 365 g/mol. The molecule has 9 nitrogen and oxygen atoms in total. The van der Waals surface area contributed by atoms with Crippen LogP contribution in [0.4, 0.5) is 25.4 Å². The van der Waals surface area contributed by atoms with Gasteiger partial charge in [0.25, 0.3) is 5.91 Å². The summed E-state index contributed by atoms with van der Waals surface area (Å²) in [7, 11) is 0. The maximum absolute atomic E-state index is 14.4. The van der Waals surface area contributed by atoms with Gasteiger partial charge in [-0.05, 0) is 18.2 Å². The molecule has 138 valence electrons. The van der Waals surface area contributed by atoms with Crippen molar-refractivity contribution in [2.75, 3.05) is 36.0 Å². The number of amides is 3. The maximum Gasteiger partial charge on any atom is 0.414 e. The third kappa shape index (κ3) is 3.44. The van der Waals surface area contributed by atoms with Crippen LogP contribution < -0.4 is 15.1 Å². The molecule has 0 bridgehead atoms. The molecule has 0 aliphatic carbocycles. The van der Waals surface area contributed by atoms with Gasteiger partial charge in [-0.25, -0.2) is 14.0 Å². The van der Waals surface area contributed by atoms with Gasteiger partial charge < -0.3 is 14.8 Å². The second kappa shape index (κ2) is 6.98. The average Bonchev–Trinajstić information content (AvgIpc) is 3.18. The zero-order valence-electron chi connectivity index (χ0n) is 13.9. The van der Waals surface area contributed by atoms with Crippen LogP contribution >= 0.6 is 0 Å². The number of Topliss-reactive ketones (excluding diaryl/α,β-unsaturated/α-hetero) is 1. The lowest BCUT2D eigenvalue weighted by Gasteiger charge is -2.17. The SMILES string of the molecule is CC(=O)C(=O)NCC1CN(c2ccc(N3CCOC3=O)c(F)c2)C(=O)O1. The first-order valence-corrected chi connectivity index (χ1v) is 7.87. The van der Waals surface area contributed by atoms with E-state index in [-0.39, 0.29) is 37.6 Å². The van der Waals surface area contributed by atoms with E-state index in [1.807, 2.05) is 0 Å². The minimum atomic E-state index is -0.771. The van der Waals surface area contributed by atoms with Crippen molar-refractivity contribution >= 4 is 35.3 Å². The number of hydrogen-bond donors (Lipinski definition) is 1. The Bertz CT molecular complexity index is 783. The van der Waals surface area contributed by atoms with E-state index in [9.17, 15) is 23.6 Å². The molecule has 2 aliphatic rings. The van der Waals surface area contributed by atoms with Gasteiger partial charge in [-0.1, -0.05) is 0 Å². The number of ether oxygens (including phenoxy) is 2. The van der Waals surface area contributed by atoms with Crippen molar-refractivity contribution in [1.82, 2.24) is 5.32 Å². The molecule has 0 aromatic heterocycles. The first kappa shape index (κ1) is 17.6. The number of anilines is 2. The Morgan fingerprint density at radius 2 is 2.04 bits per heavy atom. The summed E-state index contributed by atoms with van der Waals surface area (Å²) in [5.41, 5.74) is 0.318. The highest BCUT2D eigenvalue weighted by Gasteiger charge is 2.34. The highest BCUT2D eigenvalue weighted by Crippen LogP contribution is 2.29. The van der Waals surface area contributed by atoms with Gasteiger partial charge in [0.05, 0.1) is 31.0 Å². The molecule has 0 radical (unpaired) electrons. The van der Waals surface area contributed by atoms with Crippen molar-refractivity contribution in [3.8, 4) is 0 Å². The molecule has 2 fully saturated rings. The van der Waals surface area contributed by atoms with Crippen LogP contribution in [0, 0.1) is 5.82 Å². The van der Waals surface area contributed by atoms with Gasteiger partial charge in [0.15, 0.2) is 0 Å². The highest BCUT2D eigenvalue weighted by molar-refractivity contribution is 6.35. The maximum atomic E-state index is 14.4. The molecule has 2 aliphatic heterocycles. The van der Waals surface area contributed by atoms with E-state index in [2.05, 4.69) is 5.32 Å². The number of cyclic esters (lactones) is 2. The Hall–Kier alpha value is -3.17. The summed E-state index contributed by atoms with van der Waals surface area (Å²) < 4.78 is 24.2. The van der Waals surface area contributed by atoms with Crippen LogP contribution in [0.3, 0.4) is 0 Å². The van der Waals surface area contributed by atoms with E-state index in [0.29, 0.717) is 0 Å². The van der Waals surface area contributed by atoms with Crippen molar-refractivity contribution in [2.24, 2.45) is 0 Å². The van der Waals surface area contributed by atoms with Gasteiger partial charge in [-0.2, -0.15) is 0 Å². The fourth-order valence-corrected chi connectivity index (χ4v) is 2.66. The predicted molar refractivity (Wildman–Crippen MR) is 86.4 cm³/mol. The highest BCUT2D eigenvalue weighted by atomic mass is 19.1. The summed E-state index contributed by atoms with van der Waals surface area (Å²) in [6, 6.07) is 4.00. The third-order valence-corrected chi connectivity index (χ3v) is 3.98. The van der Waals surface area contributed by atoms with Gasteiger partial charge in [0, 0.05) is 6.92 Å². The normalized spacial score (nSPS) is 19.4. The lowest BCUT2D eigenvalue weighted by atomic mass is 10.2. The van der Waals surface area contributed by atoms with Crippen LogP contribution in [-0.4, -0.2) is 56.2 Å². The molecule has 26 heavy (non-hydrogen) atoms. The van der Waals surface area contributed by atoms with Gasteiger partial charge in [0.1, 0.15) is 18.5 Å². The summed E-state index contributed by atoms with van der Waals surface area (Å²) in [5.74, 6) is -2.10. The van der Waals surface area contributed by atoms with Crippen LogP contribution in [0.2, 0.25) is 0 Å². The van der Waals surface area contributed by atoms with Crippen LogP contribution in [0.25, 0.3) is 0 Å². The van der Waals surface area contributed by atoms with Gasteiger partial charge in [-0.15, -0.1) is 0 Å². The standard InChI is InChI=1S/C16H16FN3O6/c1-9(21)14(22)18-7-11-8-20(16(24)26-11)10-2-3-13(12(17)6-10)19-4-5-25-15(19)23/h2-3,6,11H,4-5,7-8H2,1H3,(H,18,22). The molecule has 3 rings (SSSR count). The number of carbonyl (C=O) groups is 4.